The van der Waals surface area contributed by atoms with Crippen molar-refractivity contribution in [2.24, 2.45) is 0 Å². The number of hydrogen-bond donors (Lipinski definition) is 2. The molecular formula is C13H11BrF2N2O2S. The Hall–Kier alpha value is -1.51. The molecule has 3 N–H and O–H groups in total. The molecule has 4 nitrogen and oxygen atoms in total. The molecule has 0 saturated carbocycles. The van der Waals surface area contributed by atoms with Crippen molar-refractivity contribution in [2.75, 3.05) is 5.73 Å². The largest absolute Gasteiger partial charge is 0.399 e. The molecule has 2 rings (SSSR count). The maximum absolute atomic E-state index is 13.5. The van der Waals surface area contributed by atoms with Crippen molar-refractivity contribution < 1.29 is 17.2 Å². The number of nitrogens with one attached hydrogen (secondary N) is 1. The van der Waals surface area contributed by atoms with Gasteiger partial charge in [0, 0.05) is 22.3 Å². The first-order valence-corrected chi connectivity index (χ1v) is 8.06. The van der Waals surface area contributed by atoms with Crippen LogP contribution in [0.25, 0.3) is 0 Å². The highest BCUT2D eigenvalue weighted by Crippen LogP contribution is 2.24. The van der Waals surface area contributed by atoms with Gasteiger partial charge >= 0.3 is 0 Å². The Labute approximate surface area is 129 Å². The SMILES string of the molecule is Nc1ccc(S(=O)(=O)NCc2cc(F)ccc2F)c(Br)c1. The first kappa shape index (κ1) is 15.9. The van der Waals surface area contributed by atoms with Crippen LogP contribution in [0.4, 0.5) is 14.5 Å². The third-order valence-electron chi connectivity index (χ3n) is 2.71. The Morgan fingerprint density at radius 1 is 1.14 bits per heavy atom. The number of nitrogens with two attached hydrogens (primary N) is 1. The average Bonchev–Trinajstić information content (AvgIpc) is 2.39. The molecule has 0 aliphatic heterocycles. The zero-order valence-corrected chi connectivity index (χ0v) is 13.0. The highest BCUT2D eigenvalue weighted by Gasteiger charge is 2.18. The van der Waals surface area contributed by atoms with E-state index >= 15 is 0 Å². The lowest BCUT2D eigenvalue weighted by molar-refractivity contribution is 0.566. The van der Waals surface area contributed by atoms with E-state index < -0.39 is 21.7 Å². The maximum atomic E-state index is 13.5. The van der Waals surface area contributed by atoms with Gasteiger partial charge in [0.1, 0.15) is 11.6 Å². The molecule has 21 heavy (non-hydrogen) atoms. The summed E-state index contributed by atoms with van der Waals surface area (Å²) in [6.45, 7) is -0.358. The van der Waals surface area contributed by atoms with Gasteiger partial charge in [-0.2, -0.15) is 0 Å². The number of nitrogen functional groups attached to an aromatic ring is 1. The number of halogens is 3. The highest BCUT2D eigenvalue weighted by molar-refractivity contribution is 9.10. The zero-order chi connectivity index (χ0) is 15.6. The van der Waals surface area contributed by atoms with E-state index in [1.54, 1.807) is 0 Å². The van der Waals surface area contributed by atoms with Gasteiger partial charge in [-0.3, -0.25) is 0 Å². The van der Waals surface area contributed by atoms with E-state index in [0.717, 1.165) is 18.2 Å². The van der Waals surface area contributed by atoms with E-state index in [2.05, 4.69) is 20.7 Å². The summed E-state index contributed by atoms with van der Waals surface area (Å²) in [5, 5.41) is 0. The fourth-order valence-corrected chi connectivity index (χ4v) is 3.76. The molecule has 112 valence electrons. The topological polar surface area (TPSA) is 72.2 Å². The standard InChI is InChI=1S/C13H11BrF2N2O2S/c14-11-6-10(17)2-4-13(11)21(19,20)18-7-8-5-9(15)1-3-12(8)16/h1-6,18H,7,17H2. The van der Waals surface area contributed by atoms with Crippen molar-refractivity contribution in [2.45, 2.75) is 11.4 Å². The quantitative estimate of drug-likeness (QED) is 0.805. The van der Waals surface area contributed by atoms with Crippen molar-refractivity contribution in [3.8, 4) is 0 Å². The molecule has 0 aliphatic rings. The molecule has 0 atom stereocenters. The minimum Gasteiger partial charge on any atom is -0.399 e. The molecule has 2 aromatic carbocycles. The molecule has 0 aromatic heterocycles. The number of benzene rings is 2. The van der Waals surface area contributed by atoms with Gasteiger partial charge in [0.05, 0.1) is 4.90 Å². The first-order valence-electron chi connectivity index (χ1n) is 5.78. The van der Waals surface area contributed by atoms with Crippen LogP contribution in [-0.4, -0.2) is 8.42 Å². The third kappa shape index (κ3) is 3.78. The predicted molar refractivity (Wildman–Crippen MR) is 78.9 cm³/mol. The summed E-state index contributed by atoms with van der Waals surface area (Å²) >= 11 is 3.10. The first-order chi connectivity index (χ1) is 9.79. The van der Waals surface area contributed by atoms with Crippen LogP contribution >= 0.6 is 15.9 Å². The van der Waals surface area contributed by atoms with Crippen LogP contribution in [0.15, 0.2) is 45.8 Å². The van der Waals surface area contributed by atoms with Crippen molar-refractivity contribution in [3.63, 3.8) is 0 Å². The Balaban J connectivity index is 2.24. The van der Waals surface area contributed by atoms with E-state index in [1.165, 1.54) is 18.2 Å². The minimum absolute atomic E-state index is 0.0338. The second-order valence-corrected chi connectivity index (χ2v) is 6.84. The lowest BCUT2D eigenvalue weighted by atomic mass is 10.2. The molecule has 0 amide bonds. The highest BCUT2D eigenvalue weighted by atomic mass is 79.9. The summed E-state index contributed by atoms with van der Waals surface area (Å²) in [6, 6.07) is 7.04. The zero-order valence-electron chi connectivity index (χ0n) is 10.6. The number of anilines is 1. The summed E-state index contributed by atoms with van der Waals surface area (Å²) in [4.78, 5) is -0.0338. The predicted octanol–water partition coefficient (Wildman–Crippen LogP) is 2.79. The molecule has 8 heteroatoms. The van der Waals surface area contributed by atoms with E-state index in [9.17, 15) is 17.2 Å². The van der Waals surface area contributed by atoms with Crippen LogP contribution in [0.3, 0.4) is 0 Å². The van der Waals surface area contributed by atoms with E-state index in [4.69, 9.17) is 5.73 Å². The third-order valence-corrected chi connectivity index (χ3v) is 5.08. The minimum atomic E-state index is -3.88. The molecular weight excluding hydrogens is 366 g/mol. The smallest absolute Gasteiger partial charge is 0.241 e. The van der Waals surface area contributed by atoms with Crippen LogP contribution in [0, 0.1) is 11.6 Å². The molecule has 2 aromatic rings. The number of rotatable bonds is 4. The summed E-state index contributed by atoms with van der Waals surface area (Å²) in [7, 11) is -3.88. The lowest BCUT2D eigenvalue weighted by Crippen LogP contribution is -2.24. The van der Waals surface area contributed by atoms with E-state index in [1.807, 2.05) is 0 Å². The van der Waals surface area contributed by atoms with Crippen LogP contribution in [0.5, 0.6) is 0 Å². The Morgan fingerprint density at radius 3 is 2.52 bits per heavy atom. The van der Waals surface area contributed by atoms with Gasteiger partial charge < -0.3 is 5.73 Å². The van der Waals surface area contributed by atoms with Gasteiger partial charge in [-0.1, -0.05) is 0 Å². The van der Waals surface area contributed by atoms with E-state index in [-0.39, 0.29) is 21.5 Å². The fourth-order valence-electron chi connectivity index (χ4n) is 1.66. The Kier molecular flexibility index (Phi) is 4.60. The fraction of sp³-hybridized carbons (Fsp3) is 0.0769. The molecule has 0 heterocycles. The molecule has 0 saturated heterocycles. The van der Waals surface area contributed by atoms with Crippen molar-refractivity contribution in [1.82, 2.24) is 4.72 Å². The van der Waals surface area contributed by atoms with E-state index in [0.29, 0.717) is 5.69 Å². The maximum Gasteiger partial charge on any atom is 0.241 e. The Bertz CT molecular complexity index is 782. The molecule has 0 spiro atoms. The second-order valence-electron chi connectivity index (χ2n) is 4.25. The van der Waals surface area contributed by atoms with Gasteiger partial charge in [-0.25, -0.2) is 21.9 Å². The van der Waals surface area contributed by atoms with Gasteiger partial charge in [0.25, 0.3) is 0 Å². The number of hydrogen-bond acceptors (Lipinski definition) is 3. The summed E-state index contributed by atoms with van der Waals surface area (Å²) < 4.78 is 53.3. The number of sulfonamides is 1. The monoisotopic (exact) mass is 376 g/mol. The average molecular weight is 377 g/mol. The Morgan fingerprint density at radius 2 is 1.86 bits per heavy atom. The van der Waals surface area contributed by atoms with Crippen LogP contribution in [-0.2, 0) is 16.6 Å². The van der Waals surface area contributed by atoms with Crippen LogP contribution in [0.2, 0.25) is 0 Å². The summed E-state index contributed by atoms with van der Waals surface area (Å²) in [5.41, 5.74) is 5.86. The van der Waals surface area contributed by atoms with Gasteiger partial charge in [0.15, 0.2) is 0 Å². The molecule has 0 fully saturated rings. The van der Waals surface area contributed by atoms with Crippen LogP contribution in [0.1, 0.15) is 5.56 Å². The lowest BCUT2D eigenvalue weighted by Gasteiger charge is -2.09. The van der Waals surface area contributed by atoms with Gasteiger partial charge in [0.2, 0.25) is 10.0 Å². The summed E-state index contributed by atoms with van der Waals surface area (Å²) in [6.07, 6.45) is 0. The van der Waals surface area contributed by atoms with Gasteiger partial charge in [-0.15, -0.1) is 0 Å². The van der Waals surface area contributed by atoms with Crippen molar-refractivity contribution >= 4 is 31.6 Å². The summed E-state index contributed by atoms with van der Waals surface area (Å²) in [5.74, 6) is -1.32. The molecule has 0 aliphatic carbocycles. The van der Waals surface area contributed by atoms with Crippen LogP contribution < -0.4 is 10.5 Å². The molecule has 0 radical (unpaired) electrons. The van der Waals surface area contributed by atoms with Crippen molar-refractivity contribution in [1.29, 1.82) is 0 Å². The molecule has 0 unspecified atom stereocenters. The molecule has 0 bridgehead atoms. The second kappa shape index (κ2) is 6.08. The van der Waals surface area contributed by atoms with Gasteiger partial charge in [-0.05, 0) is 52.3 Å². The van der Waals surface area contributed by atoms with Crippen molar-refractivity contribution in [3.05, 3.63) is 58.1 Å². The normalized spacial score (nSPS) is 11.6.